The maximum atomic E-state index is 13.7. The largest absolute Gasteiger partial charge is 0.494 e. The van der Waals surface area contributed by atoms with Crippen LogP contribution in [-0.4, -0.2) is 93.9 Å². The molecule has 14 nitrogen and oxygen atoms in total. The fourth-order valence-corrected chi connectivity index (χ4v) is 8.08. The lowest BCUT2D eigenvalue weighted by Gasteiger charge is -2.31. The van der Waals surface area contributed by atoms with E-state index < -0.39 is 17.8 Å². The van der Waals surface area contributed by atoms with E-state index in [1.165, 1.54) is 54.4 Å². The second-order valence-electron chi connectivity index (χ2n) is 13.6. The second kappa shape index (κ2) is 17.1. The van der Waals surface area contributed by atoms with Crippen molar-refractivity contribution >= 4 is 81.0 Å². The van der Waals surface area contributed by atoms with E-state index in [2.05, 4.69) is 36.1 Å². The SMILES string of the molecule is COc1cc2ncnc(Nc3ccc(F)c(Cl)c3)c2cc1NC(=O)/C=C/CN1CCC(NC(=O)CSc2cccc3c2CN(C2CCC(=O)NC2=O)C3=O)CC1. The van der Waals surface area contributed by atoms with Crippen LogP contribution < -0.4 is 26.0 Å². The summed E-state index contributed by atoms with van der Waals surface area (Å²) in [5.74, 6) is -1.01. The summed E-state index contributed by atoms with van der Waals surface area (Å²) in [4.78, 5) is 76.3. The third-order valence-electron chi connectivity index (χ3n) is 9.88. The lowest BCUT2D eigenvalue weighted by Crippen LogP contribution is -2.52. The Kier molecular flexibility index (Phi) is 11.8. The van der Waals surface area contributed by atoms with Crippen molar-refractivity contribution in [3.05, 3.63) is 89.0 Å². The predicted molar refractivity (Wildman–Crippen MR) is 209 cm³/mol. The van der Waals surface area contributed by atoms with E-state index in [-0.39, 0.29) is 59.8 Å². The van der Waals surface area contributed by atoms with E-state index in [4.69, 9.17) is 16.3 Å². The molecule has 56 heavy (non-hydrogen) atoms. The Balaban J connectivity index is 0.871. The van der Waals surface area contributed by atoms with Crippen LogP contribution in [-0.2, 0) is 25.7 Å². The number of nitrogens with one attached hydrogen (secondary N) is 4. The van der Waals surface area contributed by atoms with Gasteiger partial charge in [-0.1, -0.05) is 23.7 Å². The number of piperidine rings is 2. The van der Waals surface area contributed by atoms with E-state index in [1.807, 2.05) is 6.07 Å². The Bertz CT molecular complexity index is 2250. The molecule has 5 amide bonds. The summed E-state index contributed by atoms with van der Waals surface area (Å²) in [7, 11) is 1.50. The van der Waals surface area contributed by atoms with Gasteiger partial charge in [-0.3, -0.25) is 34.2 Å². The first-order valence-electron chi connectivity index (χ1n) is 18.0. The molecule has 3 aliphatic heterocycles. The molecular formula is C39H38ClFN8O6S. The molecule has 0 aliphatic carbocycles. The minimum Gasteiger partial charge on any atom is -0.494 e. The second-order valence-corrected chi connectivity index (χ2v) is 15.0. The molecule has 2 saturated heterocycles. The van der Waals surface area contributed by atoms with Gasteiger partial charge in [-0.2, -0.15) is 0 Å². The molecule has 0 bridgehead atoms. The van der Waals surface area contributed by atoms with Crippen LogP contribution in [0.5, 0.6) is 5.75 Å². The van der Waals surface area contributed by atoms with Crippen LogP contribution in [0.3, 0.4) is 0 Å². The quantitative estimate of drug-likeness (QED) is 0.0880. The molecule has 0 spiro atoms. The van der Waals surface area contributed by atoms with Crippen LogP contribution >= 0.6 is 23.4 Å². The van der Waals surface area contributed by atoms with Crippen molar-refractivity contribution in [2.45, 2.75) is 49.2 Å². The van der Waals surface area contributed by atoms with E-state index in [0.29, 0.717) is 46.0 Å². The van der Waals surface area contributed by atoms with Gasteiger partial charge in [-0.25, -0.2) is 14.4 Å². The molecule has 1 aromatic heterocycles. The standard InChI is InChI=1S/C39H38ClFN8O6S/c1-55-32-18-29-25(37(43-21-42-29)45-23-7-8-28(41)27(40)16-23)17-30(32)46-34(50)6-3-13-48-14-11-22(12-15-48)44-36(52)20-56-33-5-2-4-24-26(33)19-49(39(24)54)31-9-10-35(51)47-38(31)53/h2-8,16-18,21-22,31H,9-15,19-20H2,1H3,(H,44,52)(H,46,50)(H,42,43,45)(H,47,51,53)/b6-3+. The number of methoxy groups -OCH3 is 1. The van der Waals surface area contributed by atoms with Crippen molar-refractivity contribution in [1.82, 2.24) is 30.4 Å². The first-order valence-corrected chi connectivity index (χ1v) is 19.4. The molecule has 7 rings (SSSR count). The highest BCUT2D eigenvalue weighted by Gasteiger charge is 2.40. The summed E-state index contributed by atoms with van der Waals surface area (Å²) in [6.45, 7) is 2.28. The van der Waals surface area contributed by atoms with Gasteiger partial charge in [0.25, 0.3) is 5.91 Å². The van der Waals surface area contributed by atoms with Crippen LogP contribution in [0, 0.1) is 5.82 Å². The van der Waals surface area contributed by atoms with E-state index in [1.54, 1.807) is 30.3 Å². The maximum Gasteiger partial charge on any atom is 0.255 e. The number of fused-ring (bicyclic) bond motifs is 2. The summed E-state index contributed by atoms with van der Waals surface area (Å²) in [5, 5.41) is 12.0. The van der Waals surface area contributed by atoms with Crippen molar-refractivity contribution in [2.75, 3.05) is 43.1 Å². The molecule has 0 saturated carbocycles. The number of hydrogen-bond acceptors (Lipinski definition) is 11. The van der Waals surface area contributed by atoms with Crippen molar-refractivity contribution in [3.8, 4) is 5.75 Å². The van der Waals surface area contributed by atoms with Gasteiger partial charge in [0, 0.05) is 72.3 Å². The number of anilines is 3. The lowest BCUT2D eigenvalue weighted by molar-refractivity contribution is -0.137. The molecular weight excluding hydrogens is 763 g/mol. The van der Waals surface area contributed by atoms with Crippen LogP contribution in [0.1, 0.15) is 41.6 Å². The Morgan fingerprint density at radius 2 is 1.91 bits per heavy atom. The van der Waals surface area contributed by atoms with Crippen LogP contribution in [0.15, 0.2) is 71.9 Å². The molecule has 17 heteroatoms. The topological polar surface area (TPSA) is 175 Å². The zero-order chi connectivity index (χ0) is 39.3. The van der Waals surface area contributed by atoms with Crippen LogP contribution in [0.25, 0.3) is 10.9 Å². The van der Waals surface area contributed by atoms with Gasteiger partial charge in [-0.05, 0) is 61.2 Å². The highest BCUT2D eigenvalue weighted by Crippen LogP contribution is 2.35. The number of rotatable bonds is 12. The van der Waals surface area contributed by atoms with E-state index >= 15 is 0 Å². The highest BCUT2D eigenvalue weighted by atomic mass is 35.5. The number of likely N-dealkylation sites (tertiary alicyclic amines) is 1. The third kappa shape index (κ3) is 8.77. The number of thioether (sulfide) groups is 1. The van der Waals surface area contributed by atoms with Gasteiger partial charge in [0.15, 0.2) is 0 Å². The minimum absolute atomic E-state index is 0.0153. The summed E-state index contributed by atoms with van der Waals surface area (Å²) >= 11 is 7.30. The van der Waals surface area contributed by atoms with Gasteiger partial charge in [0.05, 0.1) is 29.1 Å². The van der Waals surface area contributed by atoms with Crippen molar-refractivity contribution in [1.29, 1.82) is 0 Å². The number of amides is 5. The van der Waals surface area contributed by atoms with E-state index in [9.17, 15) is 28.4 Å². The minimum atomic E-state index is -0.697. The number of ether oxygens (including phenoxy) is 1. The molecule has 4 heterocycles. The Labute approximate surface area is 330 Å². The van der Waals surface area contributed by atoms with Gasteiger partial charge in [0.2, 0.25) is 23.6 Å². The van der Waals surface area contributed by atoms with Crippen molar-refractivity contribution < 1.29 is 33.1 Å². The highest BCUT2D eigenvalue weighted by molar-refractivity contribution is 8.00. The molecule has 2 fully saturated rings. The fourth-order valence-electron chi connectivity index (χ4n) is 7.01. The molecule has 0 radical (unpaired) electrons. The number of carbonyl (C=O) groups excluding carboxylic acids is 5. The molecule has 290 valence electrons. The number of nitrogens with zero attached hydrogens (tertiary/aromatic N) is 4. The van der Waals surface area contributed by atoms with Crippen LogP contribution in [0.4, 0.5) is 21.6 Å². The zero-order valence-electron chi connectivity index (χ0n) is 30.3. The Morgan fingerprint density at radius 3 is 2.68 bits per heavy atom. The van der Waals surface area contributed by atoms with Gasteiger partial charge >= 0.3 is 0 Å². The first kappa shape index (κ1) is 38.7. The van der Waals surface area contributed by atoms with Crippen molar-refractivity contribution in [3.63, 3.8) is 0 Å². The van der Waals surface area contributed by atoms with Gasteiger partial charge in [0.1, 0.15) is 29.8 Å². The predicted octanol–water partition coefficient (Wildman–Crippen LogP) is 4.80. The number of aromatic nitrogens is 2. The molecule has 3 aromatic carbocycles. The van der Waals surface area contributed by atoms with Gasteiger partial charge < -0.3 is 25.6 Å². The summed E-state index contributed by atoms with van der Waals surface area (Å²) in [5.41, 5.74) is 2.81. The Morgan fingerprint density at radius 1 is 1.09 bits per heavy atom. The summed E-state index contributed by atoms with van der Waals surface area (Å²) in [6, 6.07) is 12.3. The molecule has 3 aliphatic rings. The normalized spacial score (nSPS) is 17.6. The number of benzene rings is 3. The lowest BCUT2D eigenvalue weighted by atomic mass is 10.0. The number of halogens is 2. The maximum absolute atomic E-state index is 13.7. The number of carbonyl (C=O) groups is 5. The molecule has 4 aromatic rings. The number of imide groups is 1. The zero-order valence-corrected chi connectivity index (χ0v) is 31.8. The van der Waals surface area contributed by atoms with Crippen molar-refractivity contribution in [2.24, 2.45) is 0 Å². The molecule has 1 atom stereocenters. The molecule has 4 N–H and O–H groups in total. The fraction of sp³-hybridized carbons (Fsp3) is 0.308. The summed E-state index contributed by atoms with van der Waals surface area (Å²) < 4.78 is 19.2. The average Bonchev–Trinajstić information content (AvgIpc) is 3.52. The average molecular weight is 801 g/mol. The van der Waals surface area contributed by atoms with E-state index in [0.717, 1.165) is 36.4 Å². The smallest absolute Gasteiger partial charge is 0.255 e. The molecule has 1 unspecified atom stereocenters. The first-order chi connectivity index (χ1) is 27.1. The van der Waals surface area contributed by atoms with Gasteiger partial charge in [-0.15, -0.1) is 11.8 Å². The number of hydrogen-bond donors (Lipinski definition) is 4. The summed E-state index contributed by atoms with van der Waals surface area (Å²) in [6.07, 6.45) is 6.62. The Hall–Kier alpha value is -5.58. The third-order valence-corrected chi connectivity index (χ3v) is 11.3. The van der Waals surface area contributed by atoms with Crippen LogP contribution in [0.2, 0.25) is 5.02 Å². The monoisotopic (exact) mass is 800 g/mol.